The van der Waals surface area contributed by atoms with Gasteiger partial charge in [0, 0.05) is 0 Å². The fourth-order valence-electron chi connectivity index (χ4n) is 2.12. The molecular weight excluding hydrogens is 208 g/mol. The van der Waals surface area contributed by atoms with Gasteiger partial charge in [0.1, 0.15) is 0 Å². The second-order valence-corrected chi connectivity index (χ2v) is 5.03. The summed E-state index contributed by atoms with van der Waals surface area (Å²) in [4.78, 5) is 0. The molecule has 0 aliphatic carbocycles. The van der Waals surface area contributed by atoms with Gasteiger partial charge in [-0.3, -0.25) is 0 Å². The predicted octanol–water partition coefficient (Wildman–Crippen LogP) is 4.45. The van der Waals surface area contributed by atoms with Crippen molar-refractivity contribution < 1.29 is 0 Å². The van der Waals surface area contributed by atoms with Gasteiger partial charge in [-0.2, -0.15) is 0 Å². The lowest BCUT2D eigenvalue weighted by molar-refractivity contribution is 0.605. The van der Waals surface area contributed by atoms with Crippen molar-refractivity contribution in [3.8, 4) is 0 Å². The Morgan fingerprint density at radius 3 is 1.47 bits per heavy atom. The molecule has 4 N–H and O–H groups in total. The van der Waals surface area contributed by atoms with E-state index in [2.05, 4.69) is 13.8 Å². The summed E-state index contributed by atoms with van der Waals surface area (Å²) >= 11 is 0. The molecule has 0 heterocycles. The number of nitrogens with two attached hydrogens (primary N) is 2. The van der Waals surface area contributed by atoms with Gasteiger partial charge in [0.05, 0.1) is 5.82 Å². The van der Waals surface area contributed by atoms with E-state index in [1.807, 2.05) is 0 Å². The highest BCUT2D eigenvalue weighted by molar-refractivity contribution is 5.07. The minimum atomic E-state index is 0.581. The van der Waals surface area contributed by atoms with Gasteiger partial charge < -0.3 is 11.5 Å². The molecule has 2 heteroatoms. The normalized spacial score (nSPS) is 10.5. The lowest BCUT2D eigenvalue weighted by Gasteiger charge is -2.09. The molecule has 0 bridgehead atoms. The summed E-state index contributed by atoms with van der Waals surface area (Å²) in [5.41, 5.74) is 12.8. The molecule has 0 aromatic heterocycles. The smallest absolute Gasteiger partial charge is 0.0925 e. The monoisotopic (exact) mass is 240 g/mol. The molecule has 0 aromatic rings. The minimum absolute atomic E-state index is 0.581. The summed E-state index contributed by atoms with van der Waals surface area (Å²) in [5.74, 6) is 0.581. The molecule has 0 spiro atoms. The third-order valence-electron chi connectivity index (χ3n) is 3.32. The second kappa shape index (κ2) is 11.8. The fraction of sp³-hybridized carbons (Fsp3) is 0.867. The Bertz CT molecular complexity index is 193. The van der Waals surface area contributed by atoms with Gasteiger partial charge in [-0.15, -0.1) is 0 Å². The summed E-state index contributed by atoms with van der Waals surface area (Å²) in [6, 6.07) is 0. The van der Waals surface area contributed by atoms with Crippen LogP contribution in [-0.4, -0.2) is 0 Å². The second-order valence-electron chi connectivity index (χ2n) is 5.03. The van der Waals surface area contributed by atoms with Crippen molar-refractivity contribution in [2.75, 3.05) is 0 Å². The topological polar surface area (TPSA) is 52.0 Å². The molecule has 17 heavy (non-hydrogen) atoms. The number of hydrogen-bond donors (Lipinski definition) is 2. The molecule has 102 valence electrons. The SMILES string of the molecule is CCCCCCCC(CCCCCC)=C(N)N. The van der Waals surface area contributed by atoms with Crippen molar-refractivity contribution in [1.82, 2.24) is 0 Å². The van der Waals surface area contributed by atoms with Crippen molar-refractivity contribution in [2.45, 2.75) is 84.5 Å². The molecule has 0 aromatic carbocycles. The summed E-state index contributed by atoms with van der Waals surface area (Å²) in [6.07, 6.45) is 14.0. The molecule has 0 unspecified atom stereocenters. The van der Waals surface area contributed by atoms with Crippen LogP contribution >= 0.6 is 0 Å². The van der Waals surface area contributed by atoms with Crippen molar-refractivity contribution in [3.05, 3.63) is 11.4 Å². The fourth-order valence-corrected chi connectivity index (χ4v) is 2.12. The maximum Gasteiger partial charge on any atom is 0.0925 e. The molecule has 0 saturated heterocycles. The highest BCUT2D eigenvalue weighted by Crippen LogP contribution is 2.18. The highest BCUT2D eigenvalue weighted by atomic mass is 14.8. The van der Waals surface area contributed by atoms with Crippen LogP contribution in [0.1, 0.15) is 84.5 Å². The van der Waals surface area contributed by atoms with E-state index < -0.39 is 0 Å². The lowest BCUT2D eigenvalue weighted by atomic mass is 10.00. The van der Waals surface area contributed by atoms with Crippen LogP contribution < -0.4 is 11.5 Å². The summed E-state index contributed by atoms with van der Waals surface area (Å²) in [7, 11) is 0. The lowest BCUT2D eigenvalue weighted by Crippen LogP contribution is -2.12. The minimum Gasteiger partial charge on any atom is -0.386 e. The molecule has 0 rings (SSSR count). The van der Waals surface area contributed by atoms with E-state index in [0.717, 1.165) is 12.8 Å². The van der Waals surface area contributed by atoms with Crippen LogP contribution in [0, 0.1) is 0 Å². The van der Waals surface area contributed by atoms with Gasteiger partial charge >= 0.3 is 0 Å². The average Bonchev–Trinajstić information content (AvgIpc) is 2.31. The Morgan fingerprint density at radius 2 is 1.06 bits per heavy atom. The van der Waals surface area contributed by atoms with Crippen LogP contribution in [0.25, 0.3) is 0 Å². The van der Waals surface area contributed by atoms with E-state index in [1.165, 1.54) is 63.4 Å². The Balaban J connectivity index is 3.66. The highest BCUT2D eigenvalue weighted by Gasteiger charge is 2.02. The van der Waals surface area contributed by atoms with Crippen LogP contribution in [0.2, 0.25) is 0 Å². The molecule has 0 radical (unpaired) electrons. The Morgan fingerprint density at radius 1 is 0.647 bits per heavy atom. The number of unbranched alkanes of at least 4 members (excludes halogenated alkanes) is 7. The maximum atomic E-state index is 5.75. The van der Waals surface area contributed by atoms with Crippen LogP contribution in [0.5, 0.6) is 0 Å². The number of rotatable bonds is 11. The van der Waals surface area contributed by atoms with E-state index >= 15 is 0 Å². The molecule has 0 fully saturated rings. The van der Waals surface area contributed by atoms with Gasteiger partial charge in [-0.05, 0) is 31.3 Å². The third kappa shape index (κ3) is 10.2. The molecule has 0 atom stereocenters. The van der Waals surface area contributed by atoms with Gasteiger partial charge in [0.25, 0.3) is 0 Å². The van der Waals surface area contributed by atoms with Crippen LogP contribution in [0.3, 0.4) is 0 Å². The number of hydrogen-bond acceptors (Lipinski definition) is 2. The Kier molecular flexibility index (Phi) is 11.4. The Labute approximate surface area is 108 Å². The summed E-state index contributed by atoms with van der Waals surface area (Å²) in [6.45, 7) is 4.48. The first kappa shape index (κ1) is 16.3. The zero-order chi connectivity index (χ0) is 12.9. The summed E-state index contributed by atoms with van der Waals surface area (Å²) < 4.78 is 0. The Hall–Kier alpha value is -0.660. The third-order valence-corrected chi connectivity index (χ3v) is 3.32. The van der Waals surface area contributed by atoms with E-state index in [-0.39, 0.29) is 0 Å². The van der Waals surface area contributed by atoms with E-state index in [1.54, 1.807) is 0 Å². The first-order valence-electron chi connectivity index (χ1n) is 7.45. The zero-order valence-electron chi connectivity index (χ0n) is 11.9. The summed E-state index contributed by atoms with van der Waals surface area (Å²) in [5, 5.41) is 0. The first-order chi connectivity index (χ1) is 8.22. The maximum absolute atomic E-state index is 5.75. The zero-order valence-corrected chi connectivity index (χ0v) is 11.9. The molecule has 0 amide bonds. The molecular formula is C15H32N2. The van der Waals surface area contributed by atoms with Gasteiger partial charge in [0.2, 0.25) is 0 Å². The van der Waals surface area contributed by atoms with Crippen LogP contribution in [-0.2, 0) is 0 Å². The van der Waals surface area contributed by atoms with Gasteiger partial charge in [-0.25, -0.2) is 0 Å². The standard InChI is InChI=1S/C15H32N2/c1-3-5-7-9-11-13-14(15(16)17)12-10-8-6-4-2/h3-13,16-17H2,1-2H3. The van der Waals surface area contributed by atoms with Crippen molar-refractivity contribution in [1.29, 1.82) is 0 Å². The first-order valence-corrected chi connectivity index (χ1v) is 7.45. The van der Waals surface area contributed by atoms with Crippen LogP contribution in [0.15, 0.2) is 11.4 Å². The molecule has 0 aliphatic heterocycles. The van der Waals surface area contributed by atoms with E-state index in [4.69, 9.17) is 11.5 Å². The largest absolute Gasteiger partial charge is 0.386 e. The molecule has 0 aliphatic rings. The van der Waals surface area contributed by atoms with Crippen molar-refractivity contribution in [3.63, 3.8) is 0 Å². The van der Waals surface area contributed by atoms with Crippen molar-refractivity contribution >= 4 is 0 Å². The van der Waals surface area contributed by atoms with Gasteiger partial charge in [-0.1, -0.05) is 58.8 Å². The predicted molar refractivity (Wildman–Crippen MR) is 77.5 cm³/mol. The molecule has 2 nitrogen and oxygen atoms in total. The number of allylic oxidation sites excluding steroid dienone is 1. The average molecular weight is 240 g/mol. The van der Waals surface area contributed by atoms with Crippen LogP contribution in [0.4, 0.5) is 0 Å². The van der Waals surface area contributed by atoms with Crippen molar-refractivity contribution in [2.24, 2.45) is 11.5 Å². The van der Waals surface area contributed by atoms with Gasteiger partial charge in [0.15, 0.2) is 0 Å². The van der Waals surface area contributed by atoms with E-state index in [9.17, 15) is 0 Å². The molecule has 0 saturated carbocycles. The quantitative estimate of drug-likeness (QED) is 0.524. The van der Waals surface area contributed by atoms with E-state index in [0.29, 0.717) is 5.82 Å².